The van der Waals surface area contributed by atoms with Crippen molar-refractivity contribution in [3.05, 3.63) is 65.9 Å². The molecule has 0 spiro atoms. The van der Waals surface area contributed by atoms with E-state index in [2.05, 4.69) is 28.0 Å². The Kier molecular flexibility index (Phi) is 5.70. The molecular weight excluding hydrogens is 343 g/mol. The van der Waals surface area contributed by atoms with E-state index in [9.17, 15) is 4.39 Å². The molecule has 142 valence electrons. The van der Waals surface area contributed by atoms with Gasteiger partial charge in [-0.3, -0.25) is 9.80 Å². The number of hydrogen-bond acceptors (Lipinski definition) is 4. The number of fused-ring (bicyclic) bond motifs is 1. The molecule has 1 saturated heterocycles. The van der Waals surface area contributed by atoms with Crippen LogP contribution in [0.5, 0.6) is 5.75 Å². The van der Waals surface area contributed by atoms with Gasteiger partial charge in [-0.25, -0.2) is 4.39 Å². The van der Waals surface area contributed by atoms with Crippen molar-refractivity contribution in [3.8, 4) is 5.75 Å². The van der Waals surface area contributed by atoms with Crippen LogP contribution >= 0.6 is 0 Å². The number of para-hydroxylation sites is 2. The molecule has 2 heterocycles. The minimum Gasteiger partial charge on any atom is -0.491 e. The van der Waals surface area contributed by atoms with Crippen molar-refractivity contribution in [3.63, 3.8) is 0 Å². The lowest BCUT2D eigenvalue weighted by atomic mass is 10.1. The molecule has 1 aromatic heterocycles. The number of rotatable bonds is 7. The maximum absolute atomic E-state index is 12.4. The van der Waals surface area contributed by atoms with Crippen molar-refractivity contribution in [2.45, 2.75) is 13.1 Å². The largest absolute Gasteiger partial charge is 0.491 e. The van der Waals surface area contributed by atoms with E-state index in [1.165, 1.54) is 0 Å². The Bertz CT molecular complexity index is 838. The number of halogens is 1. The van der Waals surface area contributed by atoms with Gasteiger partial charge in [-0.1, -0.05) is 36.4 Å². The van der Waals surface area contributed by atoms with Crippen molar-refractivity contribution in [1.82, 2.24) is 9.80 Å². The fraction of sp³-hybridized carbons (Fsp3) is 0.364. The molecule has 0 radical (unpaired) electrons. The van der Waals surface area contributed by atoms with Gasteiger partial charge in [-0.05, 0) is 18.2 Å². The van der Waals surface area contributed by atoms with Crippen molar-refractivity contribution >= 4 is 11.0 Å². The van der Waals surface area contributed by atoms with Gasteiger partial charge in [0.25, 0.3) is 0 Å². The normalized spacial score (nSPS) is 16.0. The number of nitrogens with zero attached hydrogens (tertiary/aromatic N) is 2. The van der Waals surface area contributed by atoms with Crippen molar-refractivity contribution in [1.29, 1.82) is 0 Å². The molecule has 0 atom stereocenters. The van der Waals surface area contributed by atoms with E-state index in [0.29, 0.717) is 0 Å². The fourth-order valence-electron chi connectivity index (χ4n) is 3.61. The van der Waals surface area contributed by atoms with Crippen LogP contribution in [0.25, 0.3) is 11.0 Å². The molecule has 5 heteroatoms. The van der Waals surface area contributed by atoms with Gasteiger partial charge in [0.2, 0.25) is 0 Å². The van der Waals surface area contributed by atoms with Gasteiger partial charge in [0.05, 0.1) is 6.54 Å². The Balaban J connectivity index is 1.31. The molecule has 0 aliphatic carbocycles. The molecule has 0 N–H and O–H groups in total. The Labute approximate surface area is 159 Å². The van der Waals surface area contributed by atoms with Crippen LogP contribution in [0, 0.1) is 0 Å². The molecular formula is C22H25FN2O2. The smallest absolute Gasteiger partial charge is 0.134 e. The number of hydrogen-bond donors (Lipinski definition) is 0. The third-order valence-corrected chi connectivity index (χ3v) is 5.02. The van der Waals surface area contributed by atoms with Gasteiger partial charge in [0.1, 0.15) is 30.4 Å². The summed E-state index contributed by atoms with van der Waals surface area (Å²) in [7, 11) is 0. The van der Waals surface area contributed by atoms with Crippen LogP contribution in [0.1, 0.15) is 11.3 Å². The molecule has 1 aliphatic rings. The summed E-state index contributed by atoms with van der Waals surface area (Å²) in [5.41, 5.74) is 2.08. The first-order valence-electron chi connectivity index (χ1n) is 9.50. The first kappa shape index (κ1) is 18.0. The highest BCUT2D eigenvalue weighted by Crippen LogP contribution is 2.22. The van der Waals surface area contributed by atoms with E-state index in [-0.39, 0.29) is 6.61 Å². The van der Waals surface area contributed by atoms with Gasteiger partial charge in [-0.2, -0.15) is 0 Å². The number of furan rings is 1. The van der Waals surface area contributed by atoms with E-state index >= 15 is 0 Å². The Morgan fingerprint density at radius 3 is 2.37 bits per heavy atom. The van der Waals surface area contributed by atoms with Gasteiger partial charge >= 0.3 is 0 Å². The minimum atomic E-state index is -0.463. The lowest BCUT2D eigenvalue weighted by Gasteiger charge is -2.34. The highest BCUT2D eigenvalue weighted by Gasteiger charge is 2.19. The Morgan fingerprint density at radius 1 is 0.889 bits per heavy atom. The van der Waals surface area contributed by atoms with E-state index < -0.39 is 6.67 Å². The third-order valence-electron chi connectivity index (χ3n) is 5.02. The summed E-state index contributed by atoms with van der Waals surface area (Å²) in [5, 5.41) is 1.16. The van der Waals surface area contributed by atoms with E-state index in [0.717, 1.165) is 67.3 Å². The molecule has 27 heavy (non-hydrogen) atoms. The van der Waals surface area contributed by atoms with Crippen LogP contribution < -0.4 is 4.74 Å². The molecule has 4 nitrogen and oxygen atoms in total. The molecule has 1 fully saturated rings. The standard InChI is InChI=1S/C22H25FN2O2/c23-9-14-26-21-7-3-2-6-19(21)16-24-10-12-25(13-11-24)17-20-15-18-5-1-4-8-22(18)27-20/h1-8,15H,9-14,16-17H2. The second-order valence-electron chi connectivity index (χ2n) is 6.95. The molecule has 1 aliphatic heterocycles. The average Bonchev–Trinajstić information content (AvgIpc) is 3.11. The lowest BCUT2D eigenvalue weighted by Crippen LogP contribution is -2.45. The van der Waals surface area contributed by atoms with Crippen molar-refractivity contribution in [2.75, 3.05) is 39.5 Å². The van der Waals surface area contributed by atoms with Crippen LogP contribution in [0.15, 0.2) is 59.0 Å². The molecule has 0 unspecified atom stereocenters. The van der Waals surface area contributed by atoms with Crippen LogP contribution in [-0.4, -0.2) is 49.3 Å². The number of piperazine rings is 1. The summed E-state index contributed by atoms with van der Waals surface area (Å²) < 4.78 is 23.9. The van der Waals surface area contributed by atoms with E-state index in [1.54, 1.807) is 0 Å². The minimum absolute atomic E-state index is 0.113. The van der Waals surface area contributed by atoms with E-state index in [1.807, 2.05) is 36.4 Å². The first-order chi connectivity index (χ1) is 13.3. The zero-order valence-electron chi connectivity index (χ0n) is 15.4. The molecule has 3 aromatic rings. The maximum Gasteiger partial charge on any atom is 0.134 e. The first-order valence-corrected chi connectivity index (χ1v) is 9.50. The summed E-state index contributed by atoms with van der Waals surface area (Å²) in [6.45, 7) is 5.33. The van der Waals surface area contributed by atoms with Gasteiger partial charge < -0.3 is 9.15 Å². The summed E-state index contributed by atoms with van der Waals surface area (Å²) in [4.78, 5) is 4.85. The molecule has 4 rings (SSSR count). The fourth-order valence-corrected chi connectivity index (χ4v) is 3.61. The highest BCUT2D eigenvalue weighted by atomic mass is 19.1. The zero-order chi connectivity index (χ0) is 18.5. The van der Waals surface area contributed by atoms with Crippen molar-refractivity contribution in [2.24, 2.45) is 0 Å². The Hall–Kier alpha value is -2.37. The Morgan fingerprint density at radius 2 is 1.59 bits per heavy atom. The number of ether oxygens (including phenoxy) is 1. The van der Waals surface area contributed by atoms with E-state index in [4.69, 9.17) is 9.15 Å². The monoisotopic (exact) mass is 368 g/mol. The van der Waals surface area contributed by atoms with Crippen LogP contribution in [0.2, 0.25) is 0 Å². The number of benzene rings is 2. The molecule has 0 bridgehead atoms. The zero-order valence-corrected chi connectivity index (χ0v) is 15.4. The van der Waals surface area contributed by atoms with Gasteiger partial charge in [0.15, 0.2) is 0 Å². The second-order valence-corrected chi connectivity index (χ2v) is 6.95. The summed E-state index contributed by atoms with van der Waals surface area (Å²) in [6.07, 6.45) is 0. The number of alkyl halides is 1. The highest BCUT2D eigenvalue weighted by molar-refractivity contribution is 5.77. The van der Waals surface area contributed by atoms with Gasteiger partial charge in [-0.15, -0.1) is 0 Å². The third kappa shape index (κ3) is 4.49. The van der Waals surface area contributed by atoms with Crippen LogP contribution in [0.4, 0.5) is 4.39 Å². The summed E-state index contributed by atoms with van der Waals surface area (Å²) >= 11 is 0. The maximum atomic E-state index is 12.4. The summed E-state index contributed by atoms with van der Waals surface area (Å²) in [5.74, 6) is 1.81. The topological polar surface area (TPSA) is 28.9 Å². The van der Waals surface area contributed by atoms with Gasteiger partial charge in [0, 0.05) is 43.7 Å². The summed E-state index contributed by atoms with van der Waals surface area (Å²) in [6, 6.07) is 18.2. The van der Waals surface area contributed by atoms with Crippen molar-refractivity contribution < 1.29 is 13.5 Å². The second kappa shape index (κ2) is 8.55. The average molecular weight is 368 g/mol. The molecule has 0 amide bonds. The van der Waals surface area contributed by atoms with Crippen LogP contribution in [0.3, 0.4) is 0 Å². The molecule has 0 saturated carbocycles. The SMILES string of the molecule is FCCOc1ccccc1CN1CCN(Cc2cc3ccccc3o2)CC1. The predicted octanol–water partition coefficient (Wildman–Crippen LogP) is 4.10. The van der Waals surface area contributed by atoms with Crippen LogP contribution in [-0.2, 0) is 13.1 Å². The molecule has 2 aromatic carbocycles. The quantitative estimate of drug-likeness (QED) is 0.628. The lowest BCUT2D eigenvalue weighted by molar-refractivity contribution is 0.115. The predicted molar refractivity (Wildman–Crippen MR) is 105 cm³/mol.